The van der Waals surface area contributed by atoms with E-state index in [9.17, 15) is 0 Å². The first-order chi connectivity index (χ1) is 10.8. The van der Waals surface area contributed by atoms with E-state index in [0.29, 0.717) is 23.9 Å². The lowest BCUT2D eigenvalue weighted by Gasteiger charge is -2.11. The number of nitrogens with one attached hydrogen (secondary N) is 1. The second kappa shape index (κ2) is 6.95. The summed E-state index contributed by atoms with van der Waals surface area (Å²) in [6.45, 7) is 1.09. The number of ether oxygens (including phenoxy) is 1. The van der Waals surface area contributed by atoms with Crippen molar-refractivity contribution in [2.45, 2.75) is 6.54 Å². The first-order valence-electron chi connectivity index (χ1n) is 6.88. The molecule has 1 aromatic heterocycles. The average molecular weight is 315 g/mol. The third-order valence-corrected chi connectivity index (χ3v) is 3.35. The van der Waals surface area contributed by atoms with Gasteiger partial charge in [-0.1, -0.05) is 29.8 Å². The molecule has 22 heavy (non-hydrogen) atoms. The Bertz CT molecular complexity index is 716. The van der Waals surface area contributed by atoms with Gasteiger partial charge in [-0.25, -0.2) is 9.67 Å². The molecule has 0 unspecified atom stereocenters. The van der Waals surface area contributed by atoms with Gasteiger partial charge < -0.3 is 10.1 Å². The molecule has 0 aliphatic rings. The molecule has 6 heteroatoms. The van der Waals surface area contributed by atoms with Crippen LogP contribution in [0.25, 0.3) is 0 Å². The number of benzene rings is 2. The van der Waals surface area contributed by atoms with Gasteiger partial charge in [0.05, 0.1) is 11.6 Å². The molecule has 3 aromatic rings. The Morgan fingerprint density at radius 2 is 1.95 bits per heavy atom. The molecule has 1 N–H and O–H groups in total. The zero-order valence-electron chi connectivity index (χ0n) is 11.8. The number of para-hydroxylation sites is 1. The Kier molecular flexibility index (Phi) is 4.56. The van der Waals surface area contributed by atoms with Gasteiger partial charge in [0, 0.05) is 17.4 Å². The van der Waals surface area contributed by atoms with Crippen molar-refractivity contribution in [1.29, 1.82) is 0 Å². The normalized spacial score (nSPS) is 10.4. The Hall–Kier alpha value is -2.53. The number of aromatic nitrogens is 3. The SMILES string of the molecule is Clc1ccc(Nc2ccccc2)cc1OCCn1cncn1. The number of hydrogen-bond donors (Lipinski definition) is 1. The van der Waals surface area contributed by atoms with Crippen molar-refractivity contribution in [1.82, 2.24) is 14.8 Å². The molecule has 0 fully saturated rings. The minimum atomic E-state index is 0.470. The summed E-state index contributed by atoms with van der Waals surface area (Å²) in [5.74, 6) is 0.641. The van der Waals surface area contributed by atoms with Crippen LogP contribution in [0.4, 0.5) is 11.4 Å². The lowest BCUT2D eigenvalue weighted by atomic mass is 10.2. The summed E-state index contributed by atoms with van der Waals surface area (Å²) in [6, 6.07) is 15.6. The van der Waals surface area contributed by atoms with Gasteiger partial charge in [-0.15, -0.1) is 0 Å². The van der Waals surface area contributed by atoms with Crippen molar-refractivity contribution in [3.05, 3.63) is 66.2 Å². The van der Waals surface area contributed by atoms with Crippen LogP contribution >= 0.6 is 11.6 Å². The molecule has 5 nitrogen and oxygen atoms in total. The summed E-state index contributed by atoms with van der Waals surface area (Å²) in [5, 5.41) is 7.91. The van der Waals surface area contributed by atoms with E-state index in [0.717, 1.165) is 11.4 Å². The molecule has 0 saturated heterocycles. The Morgan fingerprint density at radius 3 is 2.73 bits per heavy atom. The fourth-order valence-electron chi connectivity index (χ4n) is 1.98. The monoisotopic (exact) mass is 314 g/mol. The summed E-state index contributed by atoms with van der Waals surface area (Å²) in [5.41, 5.74) is 1.93. The van der Waals surface area contributed by atoms with Crippen LogP contribution in [0.2, 0.25) is 5.02 Å². The topological polar surface area (TPSA) is 52.0 Å². The van der Waals surface area contributed by atoms with Crippen LogP contribution < -0.4 is 10.1 Å². The maximum Gasteiger partial charge on any atom is 0.140 e. The van der Waals surface area contributed by atoms with E-state index in [1.54, 1.807) is 11.0 Å². The van der Waals surface area contributed by atoms with Gasteiger partial charge in [0.15, 0.2) is 0 Å². The van der Waals surface area contributed by atoms with E-state index in [1.807, 2.05) is 48.5 Å². The third-order valence-electron chi connectivity index (χ3n) is 3.04. The second-order valence-corrected chi connectivity index (χ2v) is 5.05. The zero-order chi connectivity index (χ0) is 15.2. The highest BCUT2D eigenvalue weighted by atomic mass is 35.5. The van der Waals surface area contributed by atoms with Gasteiger partial charge in [-0.2, -0.15) is 5.10 Å². The first-order valence-corrected chi connectivity index (χ1v) is 7.26. The minimum Gasteiger partial charge on any atom is -0.490 e. The average Bonchev–Trinajstić information content (AvgIpc) is 3.05. The second-order valence-electron chi connectivity index (χ2n) is 4.64. The van der Waals surface area contributed by atoms with Crippen molar-refractivity contribution in [3.63, 3.8) is 0 Å². The summed E-state index contributed by atoms with van der Waals surface area (Å²) < 4.78 is 7.44. The number of nitrogens with zero attached hydrogens (tertiary/aromatic N) is 3. The summed E-state index contributed by atoms with van der Waals surface area (Å²) in [4.78, 5) is 3.89. The Morgan fingerprint density at radius 1 is 1.09 bits per heavy atom. The first kappa shape index (κ1) is 14.4. The number of rotatable bonds is 6. The maximum absolute atomic E-state index is 6.17. The largest absolute Gasteiger partial charge is 0.490 e. The molecule has 0 aliphatic carbocycles. The van der Waals surface area contributed by atoms with Gasteiger partial charge in [-0.3, -0.25) is 0 Å². The van der Waals surface area contributed by atoms with Crippen LogP contribution in [0.3, 0.4) is 0 Å². The molecule has 0 saturated carbocycles. The molecule has 0 bridgehead atoms. The molecular formula is C16H15ClN4O. The Labute approximate surface area is 133 Å². The maximum atomic E-state index is 6.17. The molecule has 0 spiro atoms. The van der Waals surface area contributed by atoms with E-state index in [1.165, 1.54) is 6.33 Å². The van der Waals surface area contributed by atoms with E-state index in [2.05, 4.69) is 15.4 Å². The van der Waals surface area contributed by atoms with Crippen molar-refractivity contribution >= 4 is 23.0 Å². The van der Waals surface area contributed by atoms with Crippen molar-refractivity contribution in [3.8, 4) is 5.75 Å². The van der Waals surface area contributed by atoms with Gasteiger partial charge in [0.1, 0.15) is 25.0 Å². The molecule has 0 radical (unpaired) electrons. The highest BCUT2D eigenvalue weighted by Gasteiger charge is 2.04. The summed E-state index contributed by atoms with van der Waals surface area (Å²) in [6.07, 6.45) is 3.15. The standard InChI is InChI=1S/C16H15ClN4O/c17-15-7-6-14(20-13-4-2-1-3-5-13)10-16(15)22-9-8-21-12-18-11-19-21/h1-7,10-12,20H,8-9H2. The van der Waals surface area contributed by atoms with Crippen LogP contribution in [0.5, 0.6) is 5.75 Å². The fourth-order valence-corrected chi connectivity index (χ4v) is 2.15. The van der Waals surface area contributed by atoms with Gasteiger partial charge in [-0.05, 0) is 24.3 Å². The van der Waals surface area contributed by atoms with E-state index in [4.69, 9.17) is 16.3 Å². The van der Waals surface area contributed by atoms with Gasteiger partial charge in [0.2, 0.25) is 0 Å². The van der Waals surface area contributed by atoms with E-state index >= 15 is 0 Å². The lowest BCUT2D eigenvalue weighted by Crippen LogP contribution is -2.08. The van der Waals surface area contributed by atoms with E-state index in [-0.39, 0.29) is 0 Å². The number of halogens is 1. The summed E-state index contributed by atoms with van der Waals surface area (Å²) in [7, 11) is 0. The molecule has 0 amide bonds. The quantitative estimate of drug-likeness (QED) is 0.753. The van der Waals surface area contributed by atoms with Crippen LogP contribution in [-0.4, -0.2) is 21.4 Å². The molecule has 0 atom stereocenters. The van der Waals surface area contributed by atoms with Crippen LogP contribution in [0.15, 0.2) is 61.2 Å². The van der Waals surface area contributed by atoms with Crippen LogP contribution in [0, 0.1) is 0 Å². The lowest BCUT2D eigenvalue weighted by molar-refractivity contribution is 0.291. The van der Waals surface area contributed by atoms with E-state index < -0.39 is 0 Å². The molecule has 1 heterocycles. The predicted molar refractivity (Wildman–Crippen MR) is 86.7 cm³/mol. The third kappa shape index (κ3) is 3.77. The zero-order valence-corrected chi connectivity index (χ0v) is 12.6. The van der Waals surface area contributed by atoms with Gasteiger partial charge in [0.25, 0.3) is 0 Å². The highest BCUT2D eigenvalue weighted by molar-refractivity contribution is 6.32. The Balaban J connectivity index is 1.64. The predicted octanol–water partition coefficient (Wildman–Crippen LogP) is 3.75. The van der Waals surface area contributed by atoms with Crippen molar-refractivity contribution < 1.29 is 4.74 Å². The highest BCUT2D eigenvalue weighted by Crippen LogP contribution is 2.29. The van der Waals surface area contributed by atoms with Crippen molar-refractivity contribution in [2.24, 2.45) is 0 Å². The molecule has 3 rings (SSSR count). The van der Waals surface area contributed by atoms with Crippen LogP contribution in [0.1, 0.15) is 0 Å². The minimum absolute atomic E-state index is 0.470. The molecule has 112 valence electrons. The van der Waals surface area contributed by atoms with Crippen LogP contribution in [-0.2, 0) is 6.54 Å². The fraction of sp³-hybridized carbons (Fsp3) is 0.125. The molecule has 2 aromatic carbocycles. The smallest absolute Gasteiger partial charge is 0.140 e. The number of hydrogen-bond acceptors (Lipinski definition) is 4. The molecule has 0 aliphatic heterocycles. The summed E-state index contributed by atoms with van der Waals surface area (Å²) >= 11 is 6.17. The van der Waals surface area contributed by atoms with Gasteiger partial charge >= 0.3 is 0 Å². The molecular weight excluding hydrogens is 300 g/mol. The number of anilines is 2. The van der Waals surface area contributed by atoms with Crippen molar-refractivity contribution in [2.75, 3.05) is 11.9 Å².